The fourth-order valence-electron chi connectivity index (χ4n) is 10.5. The minimum Gasteiger partial charge on any atom is -0.489 e. The molecule has 8 aliphatic heterocycles. The molecule has 1 fully saturated rings. The maximum atomic E-state index is 12.9. The molecule has 2 bridgehead atoms. The number of ether oxygens (including phenoxy) is 7. The van der Waals surface area contributed by atoms with Gasteiger partial charge >= 0.3 is 11.9 Å². The molecule has 1 spiro atoms. The molecule has 0 amide bonds. The average Bonchev–Trinajstić information content (AvgIpc) is 4.03. The number of carboxylic acids is 1. The molecule has 356 valence electrons. The Morgan fingerprint density at radius 3 is 2.63 bits per heavy atom. The summed E-state index contributed by atoms with van der Waals surface area (Å²) in [5, 5.41) is 78.9. The molecule has 0 aromatic heterocycles. The van der Waals surface area contributed by atoms with Crippen molar-refractivity contribution in [1.29, 1.82) is 0 Å². The van der Waals surface area contributed by atoms with Crippen LogP contribution < -0.4 is 39.6 Å². The predicted octanol–water partition coefficient (Wildman–Crippen LogP) is -1.31. The van der Waals surface area contributed by atoms with Gasteiger partial charge in [-0.3, -0.25) is 19.5 Å². The minimum atomic E-state index is -2.57. The van der Waals surface area contributed by atoms with Gasteiger partial charge in [0.05, 0.1) is 18.1 Å². The van der Waals surface area contributed by atoms with E-state index in [0.717, 1.165) is 16.0 Å². The first kappa shape index (κ1) is 45.3. The summed E-state index contributed by atoms with van der Waals surface area (Å²) < 4.78 is 44.4. The van der Waals surface area contributed by atoms with Gasteiger partial charge in [0, 0.05) is 47.4 Å². The fraction of sp³-hybridized carbons (Fsp3) is 0.396. The Morgan fingerprint density at radius 2 is 1.87 bits per heavy atom. The molecule has 11 rings (SSSR count). The van der Waals surface area contributed by atoms with E-state index >= 15 is 0 Å². The topological polar surface area (TPSA) is 295 Å². The van der Waals surface area contributed by atoms with Gasteiger partial charge in [0.15, 0.2) is 35.7 Å². The number of aliphatic hydroxyl groups is 6. The molecule has 8 aliphatic rings. The maximum absolute atomic E-state index is 12.9. The van der Waals surface area contributed by atoms with E-state index in [1.54, 1.807) is 18.3 Å². The lowest BCUT2D eigenvalue weighted by molar-refractivity contribution is -0.867. The molecule has 3 aromatic rings. The Hall–Kier alpha value is -6.51. The van der Waals surface area contributed by atoms with Crippen LogP contribution in [0.1, 0.15) is 52.7 Å². The summed E-state index contributed by atoms with van der Waals surface area (Å²) in [7, 11) is 0. The van der Waals surface area contributed by atoms with Crippen LogP contribution in [-0.4, -0.2) is 135 Å². The van der Waals surface area contributed by atoms with Crippen LogP contribution in [0.15, 0.2) is 88.8 Å². The first-order valence-electron chi connectivity index (χ1n) is 22.1. The third-order valence-electron chi connectivity index (χ3n) is 13.5. The zero-order valence-corrected chi connectivity index (χ0v) is 36.2. The van der Waals surface area contributed by atoms with Crippen LogP contribution in [0.4, 0.5) is 0 Å². The van der Waals surface area contributed by atoms with Crippen molar-refractivity contribution in [3.63, 3.8) is 0 Å². The summed E-state index contributed by atoms with van der Waals surface area (Å²) in [6.45, 7) is -0.832. The second-order valence-corrected chi connectivity index (χ2v) is 17.4. The number of esters is 1. The summed E-state index contributed by atoms with van der Waals surface area (Å²) >= 11 is 0. The lowest BCUT2D eigenvalue weighted by Crippen LogP contribution is -3.08. The van der Waals surface area contributed by atoms with Crippen molar-refractivity contribution < 1.29 is 83.4 Å². The minimum absolute atomic E-state index is 0.0267. The van der Waals surface area contributed by atoms with Gasteiger partial charge in [-0.2, -0.15) is 0 Å². The summed E-state index contributed by atoms with van der Waals surface area (Å²) in [5.41, 5.74) is 6.79. The smallest absolute Gasteiger partial charge is 0.317 e. The number of hydrogen-bond donors (Lipinski definition) is 10. The number of carbonyl (C=O) groups is 2. The zero-order chi connectivity index (χ0) is 47.5. The number of aliphatic hydroxyl groups excluding tert-OH is 5. The van der Waals surface area contributed by atoms with Crippen LogP contribution in [0.25, 0.3) is 0 Å². The molecule has 1 saturated heterocycles. The number of aliphatic imine (C=N–C) groups is 1. The molecule has 8 heterocycles. The molecule has 0 saturated carbocycles. The highest BCUT2D eigenvalue weighted by atomic mass is 16.7. The molecule has 0 radical (unpaired) electrons. The van der Waals surface area contributed by atoms with Crippen LogP contribution in [0.3, 0.4) is 0 Å². The number of allylic oxidation sites excluding steroid dienone is 1. The van der Waals surface area contributed by atoms with Crippen molar-refractivity contribution in [3.05, 3.63) is 112 Å². The second-order valence-electron chi connectivity index (χ2n) is 17.4. The summed E-state index contributed by atoms with van der Waals surface area (Å²) in [5.74, 6) is 3.97. The molecule has 3 aromatic carbocycles. The summed E-state index contributed by atoms with van der Waals surface area (Å²) in [6, 6.07) is 14.8. The molecule has 0 aliphatic carbocycles. The molecule has 20 nitrogen and oxygen atoms in total. The number of quaternary nitrogens is 1. The Balaban J connectivity index is 1.16. The van der Waals surface area contributed by atoms with Crippen molar-refractivity contribution in [2.75, 3.05) is 33.2 Å². The molecular formula is C48H49N4O16+. The number of rotatable bonds is 13. The summed E-state index contributed by atoms with van der Waals surface area (Å²) in [4.78, 5) is 29.8. The molecule has 11 atom stereocenters. The number of nitrogens with one attached hydrogen (secondary N) is 2. The standard InChI is InChI=1S/C48H48N4O16/c49-45-44(66-35(58)19-34(56)57)48(12-14-51-45)47(61)11-4-7-26-28(21-52-20-25-10-13-50-38(25)29(52)22-54)37-33(18-31(26)65-46(68-48)39(59)43(47)60)64-32(17-24-5-2-1-3-6-24)36-27-8-9-30(63-23-55)41(62-16-15-53)40(27)67-42(36)37/h1-3,5-6,8-10,12-14,18,32,36,39,42-46,51,53-55,59-61H,11,15-17,19-23,49H2,(H,56,57)/p+1/t32-,36-,39-,42-,43-,44-,45+,46-,47+,48-/m1/s1. The van der Waals surface area contributed by atoms with E-state index in [1.165, 1.54) is 12.3 Å². The van der Waals surface area contributed by atoms with Gasteiger partial charge in [0.25, 0.3) is 0 Å². The highest BCUT2D eigenvalue weighted by Gasteiger charge is 2.69. The number of nitrogens with zero attached hydrogens (tertiary/aromatic N) is 1. The second kappa shape index (κ2) is 17.9. The number of fused-ring (bicyclic) bond motifs is 8. The third kappa shape index (κ3) is 7.43. The highest BCUT2D eigenvalue weighted by molar-refractivity contribution is 5.90. The molecule has 68 heavy (non-hydrogen) atoms. The number of nitrogens with two attached hydrogens (primary N) is 1. The molecule has 20 heteroatoms. The number of aliphatic carboxylic acids is 1. The van der Waals surface area contributed by atoms with Crippen molar-refractivity contribution in [1.82, 2.24) is 5.32 Å². The van der Waals surface area contributed by atoms with Crippen LogP contribution in [0.2, 0.25) is 0 Å². The quantitative estimate of drug-likeness (QED) is 0.0412. The van der Waals surface area contributed by atoms with Crippen LogP contribution in [0.5, 0.6) is 28.7 Å². The number of hydrogen-bond acceptors (Lipinski definition) is 18. The summed E-state index contributed by atoms with van der Waals surface area (Å²) in [6.07, 6.45) is -5.40. The monoisotopic (exact) mass is 937 g/mol. The van der Waals surface area contributed by atoms with Crippen LogP contribution >= 0.6 is 0 Å². The van der Waals surface area contributed by atoms with Crippen LogP contribution in [-0.2, 0) is 32.0 Å². The predicted molar refractivity (Wildman–Crippen MR) is 233 cm³/mol. The first-order chi connectivity index (χ1) is 32.9. The molecule has 1 unspecified atom stereocenters. The maximum Gasteiger partial charge on any atom is 0.317 e. The van der Waals surface area contributed by atoms with E-state index in [1.807, 2.05) is 42.5 Å². The average molecular weight is 938 g/mol. The normalized spacial score (nSPS) is 31.0. The largest absolute Gasteiger partial charge is 0.489 e. The van der Waals surface area contributed by atoms with Crippen molar-refractivity contribution in [3.8, 4) is 40.6 Å². The fourth-order valence-corrected chi connectivity index (χ4v) is 10.5. The first-order valence-corrected chi connectivity index (χ1v) is 22.1. The number of carboxylic acid groups (broad SMARTS) is 1. The Kier molecular flexibility index (Phi) is 11.9. The Labute approximate surface area is 388 Å². The number of benzene rings is 3. The third-order valence-corrected chi connectivity index (χ3v) is 13.5. The zero-order valence-electron chi connectivity index (χ0n) is 36.2. The molecule has 11 N–H and O–H groups in total. The van der Waals surface area contributed by atoms with E-state index < -0.39 is 91.7 Å². The van der Waals surface area contributed by atoms with E-state index in [-0.39, 0.29) is 49.2 Å². The van der Waals surface area contributed by atoms with Gasteiger partial charge in [-0.05, 0) is 30.0 Å². The van der Waals surface area contributed by atoms with E-state index in [4.69, 9.17) is 38.9 Å². The van der Waals surface area contributed by atoms with E-state index in [9.17, 15) is 45.3 Å². The lowest BCUT2D eigenvalue weighted by Gasteiger charge is -2.57. The van der Waals surface area contributed by atoms with Gasteiger partial charge < -0.3 is 80.0 Å². The van der Waals surface area contributed by atoms with Crippen molar-refractivity contribution in [2.24, 2.45) is 10.7 Å². The van der Waals surface area contributed by atoms with E-state index in [2.05, 4.69) is 22.2 Å². The van der Waals surface area contributed by atoms with Gasteiger partial charge in [0.1, 0.15) is 86.1 Å². The number of carbonyl (C=O) groups excluding carboxylic acids is 1. The van der Waals surface area contributed by atoms with Crippen molar-refractivity contribution in [2.45, 2.75) is 85.9 Å². The lowest BCUT2D eigenvalue weighted by atomic mass is 9.67. The SMILES string of the molecule is N[C@H]1NC=C[C@@]2(O[C@H]3Oc4cc5c(c(C[NH+]6CC7=CC=NC7=C6CO)c4C#CC[C@]2(O)[C@H](O)[C@H]3O)[C@@H]2Oc3c(ccc(OCO)c3OCCO)[C@@H]2[C@@H](Cc2ccccc2)O5)[C@@H]1OC(=O)CC(=O)O. The van der Waals surface area contributed by atoms with Gasteiger partial charge in [0.2, 0.25) is 12.0 Å². The van der Waals surface area contributed by atoms with Gasteiger partial charge in [-0.1, -0.05) is 48.2 Å². The Bertz CT molecular complexity index is 2720. The molecular weight excluding hydrogens is 889 g/mol. The van der Waals surface area contributed by atoms with E-state index in [0.29, 0.717) is 52.5 Å². The van der Waals surface area contributed by atoms with Crippen molar-refractivity contribution >= 4 is 18.2 Å². The van der Waals surface area contributed by atoms with Gasteiger partial charge in [-0.25, -0.2) is 0 Å². The van der Waals surface area contributed by atoms with Crippen LogP contribution in [0, 0.1) is 11.8 Å². The Morgan fingerprint density at radius 1 is 1.04 bits per heavy atom. The highest BCUT2D eigenvalue weighted by Crippen LogP contribution is 2.60. The van der Waals surface area contributed by atoms with Gasteiger partial charge in [-0.15, -0.1) is 0 Å².